The smallest absolute Gasteiger partial charge is 0.332 e. The van der Waals surface area contributed by atoms with Crippen molar-refractivity contribution in [1.82, 2.24) is 9.13 Å². The third-order valence-corrected chi connectivity index (χ3v) is 5.70. The van der Waals surface area contributed by atoms with Crippen molar-refractivity contribution < 1.29 is 9.53 Å². The van der Waals surface area contributed by atoms with Crippen LogP contribution in [0, 0.1) is 0 Å². The van der Waals surface area contributed by atoms with Gasteiger partial charge in [-0.15, -0.1) is 0 Å². The quantitative estimate of drug-likeness (QED) is 0.703. The Morgan fingerprint density at radius 2 is 1.73 bits per heavy atom. The van der Waals surface area contributed by atoms with E-state index in [2.05, 4.69) is 5.32 Å². The van der Waals surface area contributed by atoms with Gasteiger partial charge in [0.1, 0.15) is 12.3 Å². The number of aromatic nitrogens is 2. The number of carbonyl (C=O) groups is 1. The van der Waals surface area contributed by atoms with Crippen molar-refractivity contribution in [1.29, 1.82) is 0 Å². The summed E-state index contributed by atoms with van der Waals surface area (Å²) in [6, 6.07) is 13.8. The first-order valence-corrected chi connectivity index (χ1v) is 10.3. The summed E-state index contributed by atoms with van der Waals surface area (Å²) in [6.07, 6.45) is 4.75. The van der Waals surface area contributed by atoms with E-state index in [1.807, 2.05) is 0 Å². The van der Waals surface area contributed by atoms with Crippen molar-refractivity contribution in [3.05, 3.63) is 69.4 Å². The van der Waals surface area contributed by atoms with Gasteiger partial charge in [-0.2, -0.15) is 0 Å². The summed E-state index contributed by atoms with van der Waals surface area (Å²) in [7, 11) is 1.58. The number of carbonyl (C=O) groups excluding carboxylic acids is 1. The molecule has 1 fully saturated rings. The van der Waals surface area contributed by atoms with Crippen LogP contribution in [0.1, 0.15) is 38.1 Å². The summed E-state index contributed by atoms with van der Waals surface area (Å²) < 4.78 is 7.90. The molecule has 0 spiro atoms. The number of hydrogen-bond donors (Lipinski definition) is 1. The predicted molar refractivity (Wildman–Crippen MR) is 116 cm³/mol. The molecule has 1 N–H and O–H groups in total. The van der Waals surface area contributed by atoms with Crippen LogP contribution in [-0.4, -0.2) is 22.2 Å². The van der Waals surface area contributed by atoms with Crippen molar-refractivity contribution in [2.24, 2.45) is 0 Å². The molecule has 0 saturated heterocycles. The maximum Gasteiger partial charge on any atom is 0.332 e. The van der Waals surface area contributed by atoms with Crippen LogP contribution in [-0.2, 0) is 11.3 Å². The maximum absolute atomic E-state index is 13.3. The molecule has 0 bridgehead atoms. The van der Waals surface area contributed by atoms with Crippen LogP contribution in [0.25, 0.3) is 10.9 Å². The number of amides is 1. The first kappa shape index (κ1) is 19.9. The normalized spacial score (nSPS) is 14.6. The average Bonchev–Trinajstić information content (AvgIpc) is 2.78. The molecule has 7 nitrogen and oxygen atoms in total. The van der Waals surface area contributed by atoms with E-state index < -0.39 is 5.69 Å². The van der Waals surface area contributed by atoms with Crippen molar-refractivity contribution in [3.8, 4) is 5.75 Å². The van der Waals surface area contributed by atoms with Crippen LogP contribution in [0.15, 0.2) is 58.1 Å². The van der Waals surface area contributed by atoms with Gasteiger partial charge in [0.25, 0.3) is 5.56 Å². The molecule has 3 aromatic rings. The predicted octanol–water partition coefficient (Wildman–Crippen LogP) is 3.32. The molecule has 0 radical (unpaired) electrons. The van der Waals surface area contributed by atoms with Crippen LogP contribution in [0.2, 0.25) is 0 Å². The number of nitrogens with zero attached hydrogens (tertiary/aromatic N) is 2. The summed E-state index contributed by atoms with van der Waals surface area (Å²) >= 11 is 0. The molecule has 0 atom stereocenters. The lowest BCUT2D eigenvalue weighted by atomic mass is 9.95. The van der Waals surface area contributed by atoms with Crippen molar-refractivity contribution in [2.75, 3.05) is 12.4 Å². The molecular weight excluding hydrogens is 382 g/mol. The molecule has 1 aromatic heterocycles. The van der Waals surface area contributed by atoms with Gasteiger partial charge in [-0.05, 0) is 49.2 Å². The first-order valence-electron chi connectivity index (χ1n) is 10.3. The van der Waals surface area contributed by atoms with Gasteiger partial charge >= 0.3 is 5.69 Å². The lowest BCUT2D eigenvalue weighted by Gasteiger charge is -2.24. The van der Waals surface area contributed by atoms with Gasteiger partial charge in [-0.1, -0.05) is 31.4 Å². The number of benzene rings is 2. The number of rotatable bonds is 5. The Kier molecular flexibility index (Phi) is 5.70. The number of methoxy groups -OCH3 is 1. The molecule has 156 valence electrons. The molecule has 0 unspecified atom stereocenters. The molecular formula is C23H25N3O4. The molecule has 1 amide bonds. The van der Waals surface area contributed by atoms with Gasteiger partial charge < -0.3 is 10.1 Å². The highest BCUT2D eigenvalue weighted by Gasteiger charge is 2.22. The van der Waals surface area contributed by atoms with E-state index in [1.54, 1.807) is 55.6 Å². The zero-order valence-electron chi connectivity index (χ0n) is 17.0. The van der Waals surface area contributed by atoms with Gasteiger partial charge in [-0.25, -0.2) is 4.79 Å². The Morgan fingerprint density at radius 1 is 1.03 bits per heavy atom. The van der Waals surface area contributed by atoms with Crippen molar-refractivity contribution in [2.45, 2.75) is 44.7 Å². The number of fused-ring (bicyclic) bond motifs is 1. The second-order valence-electron chi connectivity index (χ2n) is 7.63. The monoisotopic (exact) mass is 407 g/mol. The molecule has 1 aliphatic rings. The topological polar surface area (TPSA) is 82.3 Å². The summed E-state index contributed by atoms with van der Waals surface area (Å²) in [4.78, 5) is 39.1. The van der Waals surface area contributed by atoms with E-state index in [4.69, 9.17) is 4.74 Å². The van der Waals surface area contributed by atoms with Crippen LogP contribution in [0.4, 0.5) is 5.69 Å². The molecule has 1 heterocycles. The second kappa shape index (κ2) is 8.57. The Balaban J connectivity index is 1.71. The molecule has 2 aromatic carbocycles. The van der Waals surface area contributed by atoms with Gasteiger partial charge in [0, 0.05) is 11.7 Å². The summed E-state index contributed by atoms with van der Waals surface area (Å²) in [6.45, 7) is -0.168. The number of para-hydroxylation sites is 1. The fourth-order valence-corrected chi connectivity index (χ4v) is 4.17. The van der Waals surface area contributed by atoms with Crippen molar-refractivity contribution >= 4 is 22.5 Å². The van der Waals surface area contributed by atoms with Crippen LogP contribution in [0.3, 0.4) is 0 Å². The Bertz CT molecular complexity index is 1170. The van der Waals surface area contributed by atoms with E-state index in [0.29, 0.717) is 22.3 Å². The fourth-order valence-electron chi connectivity index (χ4n) is 4.17. The highest BCUT2D eigenvalue weighted by molar-refractivity contribution is 5.91. The van der Waals surface area contributed by atoms with Crippen LogP contribution < -0.4 is 21.3 Å². The number of anilines is 1. The van der Waals surface area contributed by atoms with Crippen LogP contribution in [0.5, 0.6) is 5.75 Å². The molecule has 1 aliphatic carbocycles. The molecule has 30 heavy (non-hydrogen) atoms. The Morgan fingerprint density at radius 3 is 2.43 bits per heavy atom. The largest absolute Gasteiger partial charge is 0.497 e. The lowest BCUT2D eigenvalue weighted by molar-refractivity contribution is -0.116. The van der Waals surface area contributed by atoms with Gasteiger partial charge in [0.15, 0.2) is 0 Å². The van der Waals surface area contributed by atoms with Gasteiger partial charge in [-0.3, -0.25) is 18.7 Å². The van der Waals surface area contributed by atoms with E-state index in [0.717, 1.165) is 32.1 Å². The zero-order chi connectivity index (χ0) is 21.1. The van der Waals surface area contributed by atoms with Gasteiger partial charge in [0.2, 0.25) is 5.91 Å². The van der Waals surface area contributed by atoms with E-state index in [1.165, 1.54) is 9.13 Å². The molecule has 7 heteroatoms. The Hall–Kier alpha value is -3.35. The summed E-state index contributed by atoms with van der Waals surface area (Å²) in [5.74, 6) is 0.357. The number of ether oxygens (including phenoxy) is 1. The van der Waals surface area contributed by atoms with Gasteiger partial charge in [0.05, 0.1) is 18.0 Å². The minimum Gasteiger partial charge on any atom is -0.497 e. The molecule has 1 saturated carbocycles. The van der Waals surface area contributed by atoms with Crippen LogP contribution >= 0.6 is 0 Å². The average molecular weight is 407 g/mol. The second-order valence-corrected chi connectivity index (χ2v) is 7.63. The minimum atomic E-state index is -0.421. The summed E-state index contributed by atoms with van der Waals surface area (Å²) in [5, 5.41) is 3.26. The fraction of sp³-hybridized carbons (Fsp3) is 0.348. The SMILES string of the molecule is COc1ccc(NC(=O)Cn2c(=O)n(C3CCCCC3)c(=O)c3ccccc32)cc1. The highest BCUT2D eigenvalue weighted by Crippen LogP contribution is 2.26. The standard InChI is InChI=1S/C23H25N3O4/c1-30-18-13-11-16(12-14-18)24-21(27)15-25-20-10-6-5-9-19(20)22(28)26(23(25)29)17-7-3-2-4-8-17/h5-6,9-14,17H,2-4,7-8,15H2,1H3,(H,24,27). The van der Waals surface area contributed by atoms with E-state index >= 15 is 0 Å². The highest BCUT2D eigenvalue weighted by atomic mass is 16.5. The van der Waals surface area contributed by atoms with Crippen molar-refractivity contribution in [3.63, 3.8) is 0 Å². The number of hydrogen-bond acceptors (Lipinski definition) is 4. The third kappa shape index (κ3) is 3.87. The minimum absolute atomic E-state index is 0.112. The maximum atomic E-state index is 13.3. The Labute approximate surface area is 173 Å². The zero-order valence-corrected chi connectivity index (χ0v) is 17.0. The van der Waals surface area contributed by atoms with E-state index in [9.17, 15) is 14.4 Å². The lowest BCUT2D eigenvalue weighted by Crippen LogP contribution is -2.44. The third-order valence-electron chi connectivity index (χ3n) is 5.70. The molecule has 4 rings (SSSR count). The van der Waals surface area contributed by atoms with E-state index in [-0.39, 0.29) is 24.1 Å². The first-order chi connectivity index (χ1) is 14.6. The molecule has 0 aliphatic heterocycles. The number of nitrogens with one attached hydrogen (secondary N) is 1. The summed E-state index contributed by atoms with van der Waals surface area (Å²) in [5.41, 5.74) is 0.396.